The lowest BCUT2D eigenvalue weighted by Gasteiger charge is -2.38. The molecule has 0 saturated carbocycles. The Morgan fingerprint density at radius 1 is 1.07 bits per heavy atom. The first-order valence-corrected chi connectivity index (χ1v) is 9.94. The Hall–Kier alpha value is -3.67. The molecule has 30 heavy (non-hydrogen) atoms. The quantitative estimate of drug-likeness (QED) is 0.434. The van der Waals surface area contributed by atoms with Crippen LogP contribution in [0, 0.1) is 24.0 Å². The molecule has 0 aromatic heterocycles. The van der Waals surface area contributed by atoms with Gasteiger partial charge in [0.05, 0.1) is 16.7 Å². The standard InChI is InChI=1S/C24H21N3O3/c1-15-7-8-16(2)20(13-15)21-14-22-19-5-3-4-6-23(19)30-24(26(22)25-21)17-9-11-18(12-10-17)27(28)29/h3-13,22,24H,14H2,1-2H3. The van der Waals surface area contributed by atoms with Gasteiger partial charge in [0.1, 0.15) is 5.75 Å². The molecule has 2 atom stereocenters. The maximum Gasteiger partial charge on any atom is 0.269 e. The summed E-state index contributed by atoms with van der Waals surface area (Å²) in [5.74, 6) is 0.833. The van der Waals surface area contributed by atoms with Gasteiger partial charge in [0.2, 0.25) is 6.23 Å². The fourth-order valence-electron chi connectivity index (χ4n) is 4.22. The van der Waals surface area contributed by atoms with Gasteiger partial charge in [0.25, 0.3) is 5.69 Å². The number of nitrogens with zero attached hydrogens (tertiary/aromatic N) is 3. The first kappa shape index (κ1) is 18.4. The largest absolute Gasteiger partial charge is 0.464 e. The van der Waals surface area contributed by atoms with Crippen molar-refractivity contribution in [2.24, 2.45) is 5.10 Å². The van der Waals surface area contributed by atoms with E-state index in [2.05, 4.69) is 38.1 Å². The number of para-hydroxylation sites is 1. The van der Waals surface area contributed by atoms with Crippen LogP contribution in [0.4, 0.5) is 5.69 Å². The van der Waals surface area contributed by atoms with Crippen molar-refractivity contribution in [1.82, 2.24) is 5.01 Å². The van der Waals surface area contributed by atoms with Gasteiger partial charge in [-0.15, -0.1) is 0 Å². The van der Waals surface area contributed by atoms with Crippen LogP contribution in [0.15, 0.2) is 71.8 Å². The zero-order valence-corrected chi connectivity index (χ0v) is 16.8. The van der Waals surface area contributed by atoms with Crippen LogP contribution in [-0.2, 0) is 0 Å². The van der Waals surface area contributed by atoms with Gasteiger partial charge in [-0.25, -0.2) is 5.01 Å². The number of rotatable bonds is 3. The van der Waals surface area contributed by atoms with E-state index < -0.39 is 11.2 Å². The number of nitro groups is 1. The number of benzene rings is 3. The minimum Gasteiger partial charge on any atom is -0.464 e. The maximum absolute atomic E-state index is 11.0. The van der Waals surface area contributed by atoms with Gasteiger partial charge in [-0.1, -0.05) is 35.9 Å². The van der Waals surface area contributed by atoms with Gasteiger partial charge in [0.15, 0.2) is 0 Å². The highest BCUT2D eigenvalue weighted by atomic mass is 16.6. The molecule has 0 spiro atoms. The number of nitro benzene ring substituents is 1. The smallest absolute Gasteiger partial charge is 0.269 e. The van der Waals surface area contributed by atoms with Crippen molar-refractivity contribution >= 4 is 11.4 Å². The number of hydrogen-bond acceptors (Lipinski definition) is 5. The van der Waals surface area contributed by atoms with Crippen LogP contribution in [0.3, 0.4) is 0 Å². The molecule has 2 aliphatic heterocycles. The topological polar surface area (TPSA) is 68.0 Å². The van der Waals surface area contributed by atoms with Crippen LogP contribution < -0.4 is 4.74 Å². The van der Waals surface area contributed by atoms with Gasteiger partial charge in [-0.2, -0.15) is 5.10 Å². The Morgan fingerprint density at radius 2 is 1.83 bits per heavy atom. The molecule has 2 aliphatic rings. The Bertz CT molecular complexity index is 1170. The third kappa shape index (κ3) is 3.01. The van der Waals surface area contributed by atoms with E-state index >= 15 is 0 Å². The molecule has 3 aromatic rings. The highest BCUT2D eigenvalue weighted by molar-refractivity contribution is 6.03. The molecule has 0 fully saturated rings. The number of aryl methyl sites for hydroxylation is 2. The van der Waals surface area contributed by atoms with Crippen LogP contribution in [-0.4, -0.2) is 15.6 Å². The molecule has 2 heterocycles. The highest BCUT2D eigenvalue weighted by Crippen LogP contribution is 2.47. The average Bonchev–Trinajstić information content (AvgIpc) is 3.20. The lowest BCUT2D eigenvalue weighted by Crippen LogP contribution is -2.33. The van der Waals surface area contributed by atoms with Crippen LogP contribution in [0.25, 0.3) is 0 Å². The molecule has 0 N–H and O–H groups in total. The first-order valence-electron chi connectivity index (χ1n) is 9.94. The monoisotopic (exact) mass is 399 g/mol. The average molecular weight is 399 g/mol. The third-order valence-electron chi connectivity index (χ3n) is 5.79. The third-order valence-corrected chi connectivity index (χ3v) is 5.79. The predicted octanol–water partition coefficient (Wildman–Crippen LogP) is 5.45. The van der Waals surface area contributed by atoms with E-state index in [0.717, 1.165) is 34.6 Å². The molecule has 0 saturated heterocycles. The molecular weight excluding hydrogens is 378 g/mol. The second kappa shape index (κ2) is 6.99. The Balaban J connectivity index is 1.59. The van der Waals surface area contributed by atoms with E-state index in [0.29, 0.717) is 0 Å². The second-order valence-corrected chi connectivity index (χ2v) is 7.82. The van der Waals surface area contributed by atoms with Crippen LogP contribution in [0.5, 0.6) is 5.75 Å². The number of hydrogen-bond donors (Lipinski definition) is 0. The minimum absolute atomic E-state index is 0.0602. The summed E-state index contributed by atoms with van der Waals surface area (Å²) in [6.45, 7) is 4.19. The summed E-state index contributed by atoms with van der Waals surface area (Å²) in [6, 6.07) is 21.0. The van der Waals surface area contributed by atoms with Crippen molar-refractivity contribution in [1.29, 1.82) is 0 Å². The van der Waals surface area contributed by atoms with Crippen molar-refractivity contribution in [2.75, 3.05) is 0 Å². The zero-order chi connectivity index (χ0) is 20.8. The summed E-state index contributed by atoms with van der Waals surface area (Å²) in [5.41, 5.74) is 6.60. The highest BCUT2D eigenvalue weighted by Gasteiger charge is 2.41. The second-order valence-electron chi connectivity index (χ2n) is 7.82. The van der Waals surface area contributed by atoms with E-state index in [1.165, 1.54) is 23.3 Å². The lowest BCUT2D eigenvalue weighted by molar-refractivity contribution is -0.384. The van der Waals surface area contributed by atoms with Crippen molar-refractivity contribution in [3.05, 3.63) is 105 Å². The number of non-ortho nitro benzene ring substituents is 1. The van der Waals surface area contributed by atoms with Crippen LogP contribution in [0.1, 0.15) is 46.5 Å². The number of ether oxygens (including phenoxy) is 1. The number of fused-ring (bicyclic) bond motifs is 3. The fourth-order valence-corrected chi connectivity index (χ4v) is 4.22. The van der Waals surface area contributed by atoms with E-state index in [9.17, 15) is 10.1 Å². The molecule has 150 valence electrons. The maximum atomic E-state index is 11.0. The molecule has 2 unspecified atom stereocenters. The fraction of sp³-hybridized carbons (Fsp3) is 0.208. The summed E-state index contributed by atoms with van der Waals surface area (Å²) in [5, 5.41) is 18.0. The normalized spacial score (nSPS) is 19.5. The SMILES string of the molecule is Cc1ccc(C)c(C2=NN3C(C2)c2ccccc2OC3c2ccc([N+](=O)[O-])cc2)c1. The van der Waals surface area contributed by atoms with E-state index in [1.807, 2.05) is 23.2 Å². The molecule has 0 aliphatic carbocycles. The summed E-state index contributed by atoms with van der Waals surface area (Å²) in [6.07, 6.45) is 0.349. The Morgan fingerprint density at radius 3 is 2.60 bits per heavy atom. The van der Waals surface area contributed by atoms with Crippen LogP contribution in [0.2, 0.25) is 0 Å². The summed E-state index contributed by atoms with van der Waals surface area (Å²) < 4.78 is 6.32. The first-order chi connectivity index (χ1) is 14.5. The Labute approximate surface area is 174 Å². The molecule has 6 nitrogen and oxygen atoms in total. The zero-order valence-electron chi connectivity index (χ0n) is 16.8. The molecule has 0 bridgehead atoms. The molecule has 0 radical (unpaired) electrons. The molecule has 6 heteroatoms. The molecule has 5 rings (SSSR count). The van der Waals surface area contributed by atoms with E-state index in [-0.39, 0.29) is 11.7 Å². The van der Waals surface area contributed by atoms with Gasteiger partial charge in [-0.05, 0) is 43.7 Å². The summed E-state index contributed by atoms with van der Waals surface area (Å²) in [4.78, 5) is 10.6. The summed E-state index contributed by atoms with van der Waals surface area (Å²) >= 11 is 0. The minimum atomic E-state index is -0.437. The Kier molecular flexibility index (Phi) is 4.28. The molecular formula is C24H21N3O3. The van der Waals surface area contributed by atoms with E-state index in [4.69, 9.17) is 9.84 Å². The van der Waals surface area contributed by atoms with Crippen LogP contribution >= 0.6 is 0 Å². The molecule has 3 aromatic carbocycles. The number of hydrazone groups is 1. The van der Waals surface area contributed by atoms with Crippen molar-refractivity contribution in [3.8, 4) is 5.75 Å². The van der Waals surface area contributed by atoms with Gasteiger partial charge in [0, 0.05) is 35.2 Å². The van der Waals surface area contributed by atoms with Crippen molar-refractivity contribution < 1.29 is 9.66 Å². The van der Waals surface area contributed by atoms with Gasteiger partial charge in [-0.3, -0.25) is 10.1 Å². The molecule has 0 amide bonds. The van der Waals surface area contributed by atoms with E-state index in [1.54, 1.807) is 12.1 Å². The van der Waals surface area contributed by atoms with Crippen molar-refractivity contribution in [3.63, 3.8) is 0 Å². The summed E-state index contributed by atoms with van der Waals surface area (Å²) in [7, 11) is 0. The lowest BCUT2D eigenvalue weighted by atomic mass is 9.93. The van der Waals surface area contributed by atoms with Crippen molar-refractivity contribution in [2.45, 2.75) is 32.5 Å². The van der Waals surface area contributed by atoms with Gasteiger partial charge >= 0.3 is 0 Å². The predicted molar refractivity (Wildman–Crippen MR) is 115 cm³/mol. The van der Waals surface area contributed by atoms with Gasteiger partial charge < -0.3 is 4.74 Å².